The van der Waals surface area contributed by atoms with E-state index < -0.39 is 28.5 Å². The molecule has 0 saturated heterocycles. The van der Waals surface area contributed by atoms with Gasteiger partial charge in [-0.1, -0.05) is 102 Å². The molecule has 2 amide bonds. The van der Waals surface area contributed by atoms with Crippen LogP contribution in [-0.2, 0) is 32.6 Å². The van der Waals surface area contributed by atoms with E-state index in [0.29, 0.717) is 10.6 Å². The molecule has 43 heavy (non-hydrogen) atoms. The Labute approximate surface area is 263 Å². The highest BCUT2D eigenvalue weighted by atomic mass is 35.5. The first kappa shape index (κ1) is 32.1. The number of halogens is 2. The Kier molecular flexibility index (Phi) is 10.9. The van der Waals surface area contributed by atoms with E-state index in [2.05, 4.69) is 5.32 Å². The fourth-order valence-corrected chi connectivity index (χ4v) is 6.57. The fraction of sp³-hybridized carbons (Fsp3) is 0.212. The van der Waals surface area contributed by atoms with Gasteiger partial charge in [0.1, 0.15) is 12.6 Å². The van der Waals surface area contributed by atoms with E-state index in [4.69, 9.17) is 23.2 Å². The number of hydrogen-bond acceptors (Lipinski definition) is 4. The molecule has 1 unspecified atom stereocenters. The van der Waals surface area contributed by atoms with E-state index in [9.17, 15) is 18.0 Å². The van der Waals surface area contributed by atoms with Gasteiger partial charge < -0.3 is 10.2 Å². The number of carbonyl (C=O) groups excluding carboxylic acids is 2. The van der Waals surface area contributed by atoms with Crippen LogP contribution in [0.3, 0.4) is 0 Å². The smallest absolute Gasteiger partial charge is 0.264 e. The van der Waals surface area contributed by atoms with Gasteiger partial charge >= 0.3 is 0 Å². The molecule has 4 aromatic rings. The van der Waals surface area contributed by atoms with Crippen molar-refractivity contribution in [1.82, 2.24) is 10.2 Å². The molecule has 0 fully saturated rings. The summed E-state index contributed by atoms with van der Waals surface area (Å²) in [6.07, 6.45) is 0.202. The molecule has 0 heterocycles. The van der Waals surface area contributed by atoms with Crippen LogP contribution in [0.15, 0.2) is 114 Å². The number of anilines is 1. The Bertz CT molecular complexity index is 1650. The summed E-state index contributed by atoms with van der Waals surface area (Å²) in [4.78, 5) is 29.5. The fourth-order valence-electron chi connectivity index (χ4n) is 4.63. The third-order valence-corrected chi connectivity index (χ3v) is 9.19. The van der Waals surface area contributed by atoms with E-state index in [1.807, 2.05) is 44.2 Å². The van der Waals surface area contributed by atoms with Crippen molar-refractivity contribution in [2.45, 2.75) is 43.8 Å². The highest BCUT2D eigenvalue weighted by molar-refractivity contribution is 7.92. The number of nitrogens with one attached hydrogen (secondary N) is 1. The van der Waals surface area contributed by atoms with Crippen molar-refractivity contribution in [1.29, 1.82) is 0 Å². The lowest BCUT2D eigenvalue weighted by Gasteiger charge is -2.34. The third kappa shape index (κ3) is 8.16. The molecule has 4 aromatic carbocycles. The lowest BCUT2D eigenvalue weighted by atomic mass is 10.0. The van der Waals surface area contributed by atoms with Crippen LogP contribution >= 0.6 is 23.2 Å². The van der Waals surface area contributed by atoms with Crippen molar-refractivity contribution in [2.75, 3.05) is 10.8 Å². The van der Waals surface area contributed by atoms with Crippen molar-refractivity contribution in [3.8, 4) is 0 Å². The van der Waals surface area contributed by atoms with Crippen LogP contribution in [-0.4, -0.2) is 43.8 Å². The number of benzene rings is 4. The zero-order chi connectivity index (χ0) is 31.0. The van der Waals surface area contributed by atoms with Crippen molar-refractivity contribution >= 4 is 50.7 Å². The van der Waals surface area contributed by atoms with Gasteiger partial charge in [0.25, 0.3) is 10.0 Å². The standard InChI is InChI=1S/C33H33Cl2N3O4S/c1-24(2)36-33(40)31(21-25-13-5-3-6-14-25)37(22-26-15-9-10-18-28(26)34)32(39)23-38(30-20-12-11-19-29(30)35)43(41,42)27-16-7-4-8-17-27/h3-20,24,31H,21-23H2,1-2H3,(H,36,40). The van der Waals surface area contributed by atoms with Gasteiger partial charge in [-0.2, -0.15) is 0 Å². The Morgan fingerprint density at radius 2 is 1.33 bits per heavy atom. The molecule has 0 aliphatic rings. The summed E-state index contributed by atoms with van der Waals surface area (Å²) in [6, 6.07) is 29.5. The average molecular weight is 639 g/mol. The van der Waals surface area contributed by atoms with E-state index in [1.165, 1.54) is 17.0 Å². The van der Waals surface area contributed by atoms with Crippen LogP contribution in [0.25, 0.3) is 0 Å². The monoisotopic (exact) mass is 637 g/mol. The average Bonchev–Trinajstić information content (AvgIpc) is 2.99. The maximum absolute atomic E-state index is 14.4. The number of hydrogen-bond donors (Lipinski definition) is 1. The van der Waals surface area contributed by atoms with Gasteiger partial charge in [-0.05, 0) is 55.3 Å². The molecule has 0 aromatic heterocycles. The molecule has 0 aliphatic heterocycles. The molecule has 1 atom stereocenters. The van der Waals surface area contributed by atoms with Gasteiger partial charge in [0.2, 0.25) is 11.8 Å². The molecule has 0 aliphatic carbocycles. The first-order chi connectivity index (χ1) is 20.6. The van der Waals surface area contributed by atoms with Gasteiger partial charge in [0, 0.05) is 24.0 Å². The summed E-state index contributed by atoms with van der Waals surface area (Å²) in [6.45, 7) is 3.04. The Morgan fingerprint density at radius 3 is 1.93 bits per heavy atom. The highest BCUT2D eigenvalue weighted by Gasteiger charge is 2.35. The number of sulfonamides is 1. The SMILES string of the molecule is CC(C)NC(=O)C(Cc1ccccc1)N(Cc1ccccc1Cl)C(=O)CN(c1ccccc1Cl)S(=O)(=O)c1ccccc1. The van der Waals surface area contributed by atoms with Crippen LogP contribution in [0.4, 0.5) is 5.69 Å². The molecule has 0 bridgehead atoms. The summed E-state index contributed by atoms with van der Waals surface area (Å²) in [5, 5.41) is 3.51. The number of para-hydroxylation sites is 1. The number of amides is 2. The molecule has 0 spiro atoms. The second kappa shape index (κ2) is 14.6. The highest BCUT2D eigenvalue weighted by Crippen LogP contribution is 2.31. The molecule has 224 valence electrons. The normalized spacial score (nSPS) is 12.0. The van der Waals surface area contributed by atoms with Gasteiger partial charge in [-0.25, -0.2) is 8.42 Å². The first-order valence-electron chi connectivity index (χ1n) is 13.8. The maximum atomic E-state index is 14.4. The molecule has 7 nitrogen and oxygen atoms in total. The van der Waals surface area contributed by atoms with Crippen LogP contribution in [0, 0.1) is 0 Å². The number of nitrogens with zero attached hydrogens (tertiary/aromatic N) is 2. The minimum absolute atomic E-state index is 0.00115. The Morgan fingerprint density at radius 1 is 0.767 bits per heavy atom. The summed E-state index contributed by atoms with van der Waals surface area (Å²) >= 11 is 13.0. The second-order valence-corrected chi connectivity index (χ2v) is 12.9. The van der Waals surface area contributed by atoms with Gasteiger partial charge in [0.15, 0.2) is 0 Å². The summed E-state index contributed by atoms with van der Waals surface area (Å²) in [5.74, 6) is -0.964. The predicted molar refractivity (Wildman–Crippen MR) is 172 cm³/mol. The van der Waals surface area contributed by atoms with Crippen LogP contribution in [0.5, 0.6) is 0 Å². The van der Waals surface area contributed by atoms with Crippen LogP contribution in [0.1, 0.15) is 25.0 Å². The topological polar surface area (TPSA) is 86.8 Å². The zero-order valence-electron chi connectivity index (χ0n) is 23.9. The Hall–Kier alpha value is -3.85. The molecule has 0 radical (unpaired) electrons. The third-order valence-electron chi connectivity index (χ3n) is 6.73. The van der Waals surface area contributed by atoms with Crippen molar-refractivity contribution < 1.29 is 18.0 Å². The predicted octanol–water partition coefficient (Wildman–Crippen LogP) is 6.35. The second-order valence-electron chi connectivity index (χ2n) is 10.3. The molecule has 10 heteroatoms. The van der Waals surface area contributed by atoms with Gasteiger partial charge in [0.05, 0.1) is 15.6 Å². The lowest BCUT2D eigenvalue weighted by molar-refractivity contribution is -0.140. The Balaban J connectivity index is 1.82. The zero-order valence-corrected chi connectivity index (χ0v) is 26.2. The van der Waals surface area contributed by atoms with Crippen LogP contribution in [0.2, 0.25) is 10.0 Å². The lowest BCUT2D eigenvalue weighted by Crippen LogP contribution is -2.54. The van der Waals surface area contributed by atoms with E-state index in [0.717, 1.165) is 9.87 Å². The summed E-state index contributed by atoms with van der Waals surface area (Å²) < 4.78 is 29.0. The van der Waals surface area contributed by atoms with Crippen molar-refractivity contribution in [3.63, 3.8) is 0 Å². The van der Waals surface area contributed by atoms with Crippen LogP contribution < -0.4 is 9.62 Å². The molecular weight excluding hydrogens is 605 g/mol. The molecular formula is C33H33Cl2N3O4S. The minimum Gasteiger partial charge on any atom is -0.352 e. The van der Waals surface area contributed by atoms with Gasteiger partial charge in [-0.15, -0.1) is 0 Å². The summed E-state index contributed by atoms with van der Waals surface area (Å²) in [7, 11) is -4.24. The van der Waals surface area contributed by atoms with Crippen molar-refractivity contribution in [3.05, 3.63) is 130 Å². The number of rotatable bonds is 12. The first-order valence-corrected chi connectivity index (χ1v) is 16.0. The van der Waals surface area contributed by atoms with Crippen molar-refractivity contribution in [2.24, 2.45) is 0 Å². The summed E-state index contributed by atoms with van der Waals surface area (Å²) in [5.41, 5.74) is 1.59. The van der Waals surface area contributed by atoms with E-state index in [1.54, 1.807) is 66.7 Å². The maximum Gasteiger partial charge on any atom is 0.264 e. The van der Waals surface area contributed by atoms with Gasteiger partial charge in [-0.3, -0.25) is 13.9 Å². The number of carbonyl (C=O) groups is 2. The quantitative estimate of drug-likeness (QED) is 0.196. The van der Waals surface area contributed by atoms with E-state index >= 15 is 0 Å². The van der Waals surface area contributed by atoms with E-state index in [-0.39, 0.29) is 40.5 Å². The largest absolute Gasteiger partial charge is 0.352 e. The molecule has 0 saturated carbocycles. The molecule has 4 rings (SSSR count). The minimum atomic E-state index is -4.24. The molecule has 1 N–H and O–H groups in total.